The molecule has 3 heterocycles. The number of urea groups is 1. The van der Waals surface area contributed by atoms with Gasteiger partial charge in [0, 0.05) is 24.7 Å². The second kappa shape index (κ2) is 7.99. The van der Waals surface area contributed by atoms with Crippen LogP contribution in [0.4, 0.5) is 10.5 Å². The molecule has 2 bridgehead atoms. The van der Waals surface area contributed by atoms with Crippen LogP contribution in [0.25, 0.3) is 0 Å². The summed E-state index contributed by atoms with van der Waals surface area (Å²) in [5.74, 6) is 0.578. The normalized spacial score (nSPS) is 26.9. The molecular formula is C21H31N5O2. The van der Waals surface area contributed by atoms with Crippen LogP contribution in [0.15, 0.2) is 29.4 Å². The number of amides is 2. The highest BCUT2D eigenvalue weighted by atomic mass is 16.5. The van der Waals surface area contributed by atoms with Crippen LogP contribution in [-0.4, -0.2) is 60.3 Å². The topological polar surface area (TPSA) is 74.4 Å². The van der Waals surface area contributed by atoms with Crippen molar-refractivity contribution in [1.82, 2.24) is 9.91 Å². The zero-order valence-electron chi connectivity index (χ0n) is 16.9. The van der Waals surface area contributed by atoms with E-state index in [9.17, 15) is 4.79 Å². The summed E-state index contributed by atoms with van der Waals surface area (Å²) in [6.07, 6.45) is 6.52. The lowest BCUT2D eigenvalue weighted by atomic mass is 9.95. The van der Waals surface area contributed by atoms with Crippen molar-refractivity contribution >= 4 is 17.6 Å². The number of hydrazone groups is 1. The van der Waals surface area contributed by atoms with Gasteiger partial charge in [0.05, 0.1) is 11.3 Å². The van der Waals surface area contributed by atoms with Crippen molar-refractivity contribution in [1.29, 1.82) is 0 Å². The smallest absolute Gasteiger partial charge is 0.319 e. The largest absolute Gasteiger partial charge is 0.453 e. The summed E-state index contributed by atoms with van der Waals surface area (Å²) in [6, 6.07) is 8.61. The Morgan fingerprint density at radius 1 is 1.29 bits per heavy atom. The maximum absolute atomic E-state index is 12.5. The minimum Gasteiger partial charge on any atom is -0.453 e. The van der Waals surface area contributed by atoms with Gasteiger partial charge in [-0.25, -0.2) is 4.79 Å². The molecule has 1 aromatic carbocycles. The fraction of sp³-hybridized carbons (Fsp3) is 0.619. The van der Waals surface area contributed by atoms with Gasteiger partial charge in [0.1, 0.15) is 0 Å². The molecule has 0 radical (unpaired) electrons. The van der Waals surface area contributed by atoms with E-state index in [1.807, 2.05) is 29.3 Å². The first kappa shape index (κ1) is 19.1. The quantitative estimate of drug-likeness (QED) is 0.817. The Labute approximate surface area is 167 Å². The molecule has 0 saturated carbocycles. The molecule has 2 saturated heterocycles. The molecule has 0 spiro atoms. The molecule has 4 rings (SSSR count). The van der Waals surface area contributed by atoms with Gasteiger partial charge in [0.15, 0.2) is 6.73 Å². The third-order valence-electron chi connectivity index (χ3n) is 6.42. The summed E-state index contributed by atoms with van der Waals surface area (Å²) in [6.45, 7) is 3.49. The van der Waals surface area contributed by atoms with E-state index in [1.165, 1.54) is 12.8 Å². The number of benzene rings is 1. The second-order valence-corrected chi connectivity index (χ2v) is 8.16. The highest BCUT2D eigenvalue weighted by molar-refractivity contribution is 6.04. The number of para-hydroxylation sites is 1. The van der Waals surface area contributed by atoms with E-state index in [0.717, 1.165) is 43.5 Å². The molecule has 152 valence electrons. The SMILES string of the molecule is CCCCN1COC(c2ccccc2N(C(N)=O)C2CC3CCC(C2)N3C)=N1. The lowest BCUT2D eigenvalue weighted by molar-refractivity contribution is 0.159. The van der Waals surface area contributed by atoms with E-state index < -0.39 is 6.03 Å². The fourth-order valence-corrected chi connectivity index (χ4v) is 4.86. The average Bonchev–Trinajstić information content (AvgIpc) is 3.21. The lowest BCUT2D eigenvalue weighted by Gasteiger charge is -2.41. The first-order valence-electron chi connectivity index (χ1n) is 10.4. The number of carbonyl (C=O) groups is 1. The van der Waals surface area contributed by atoms with Crippen LogP contribution in [0, 0.1) is 0 Å². The van der Waals surface area contributed by atoms with Crippen molar-refractivity contribution in [2.24, 2.45) is 10.8 Å². The Kier molecular flexibility index (Phi) is 5.44. The molecule has 2 amide bonds. The number of unbranched alkanes of at least 4 members (excludes halogenated alkanes) is 1. The Hall–Kier alpha value is -2.28. The van der Waals surface area contributed by atoms with Gasteiger partial charge >= 0.3 is 6.03 Å². The van der Waals surface area contributed by atoms with Crippen LogP contribution in [0.1, 0.15) is 51.0 Å². The Balaban J connectivity index is 1.61. The Morgan fingerprint density at radius 2 is 2.00 bits per heavy atom. The zero-order valence-corrected chi connectivity index (χ0v) is 16.9. The summed E-state index contributed by atoms with van der Waals surface area (Å²) >= 11 is 0. The number of ether oxygens (including phenoxy) is 1. The fourth-order valence-electron chi connectivity index (χ4n) is 4.86. The van der Waals surface area contributed by atoms with Crippen molar-refractivity contribution < 1.29 is 9.53 Å². The van der Waals surface area contributed by atoms with Crippen molar-refractivity contribution in [3.8, 4) is 0 Å². The number of carbonyl (C=O) groups excluding carboxylic acids is 1. The number of hydrogen-bond acceptors (Lipinski definition) is 5. The minimum absolute atomic E-state index is 0.116. The molecule has 2 atom stereocenters. The second-order valence-electron chi connectivity index (χ2n) is 8.16. The number of fused-ring (bicyclic) bond motifs is 2. The van der Waals surface area contributed by atoms with Crippen molar-refractivity contribution in [2.45, 2.75) is 63.6 Å². The highest BCUT2D eigenvalue weighted by Crippen LogP contribution is 2.38. The van der Waals surface area contributed by atoms with Crippen molar-refractivity contribution in [2.75, 3.05) is 25.2 Å². The van der Waals surface area contributed by atoms with Crippen LogP contribution in [0.3, 0.4) is 0 Å². The zero-order chi connectivity index (χ0) is 19.7. The van der Waals surface area contributed by atoms with Gasteiger partial charge in [0.2, 0.25) is 5.90 Å². The van der Waals surface area contributed by atoms with Crippen molar-refractivity contribution in [3.63, 3.8) is 0 Å². The Morgan fingerprint density at radius 3 is 2.68 bits per heavy atom. The molecule has 3 aliphatic heterocycles. The van der Waals surface area contributed by atoms with Crippen LogP contribution >= 0.6 is 0 Å². The summed E-state index contributed by atoms with van der Waals surface area (Å²) in [4.78, 5) is 16.8. The third kappa shape index (κ3) is 3.55. The summed E-state index contributed by atoms with van der Waals surface area (Å²) in [7, 11) is 2.20. The molecule has 7 heteroatoms. The third-order valence-corrected chi connectivity index (χ3v) is 6.42. The standard InChI is InChI=1S/C21H31N5O2/c1-3-4-11-25-14-28-20(23-25)18-7-5-6-8-19(18)26(21(22)27)17-12-15-9-10-16(13-17)24(15)2/h5-8,15-17H,3-4,9-14H2,1-2H3,(H2,22,27). The van der Waals surface area contributed by atoms with Gasteiger partial charge in [-0.15, -0.1) is 5.10 Å². The summed E-state index contributed by atoms with van der Waals surface area (Å²) < 4.78 is 5.87. The molecule has 2 N–H and O–H groups in total. The van der Waals surface area contributed by atoms with Crippen LogP contribution in [0.2, 0.25) is 0 Å². The van der Waals surface area contributed by atoms with E-state index in [0.29, 0.717) is 24.7 Å². The number of piperidine rings is 1. The van der Waals surface area contributed by atoms with E-state index >= 15 is 0 Å². The van der Waals surface area contributed by atoms with Crippen LogP contribution < -0.4 is 10.6 Å². The number of hydrogen-bond donors (Lipinski definition) is 1. The molecule has 28 heavy (non-hydrogen) atoms. The maximum atomic E-state index is 12.5. The number of anilines is 1. The highest BCUT2D eigenvalue weighted by Gasteiger charge is 2.42. The molecule has 0 aliphatic carbocycles. The molecule has 1 aromatic rings. The Bertz CT molecular complexity index is 738. The van der Waals surface area contributed by atoms with E-state index in [-0.39, 0.29) is 6.04 Å². The summed E-state index contributed by atoms with van der Waals surface area (Å²) in [5.41, 5.74) is 7.53. The first-order valence-corrected chi connectivity index (χ1v) is 10.4. The molecule has 0 aromatic heterocycles. The predicted octanol–water partition coefficient (Wildman–Crippen LogP) is 2.95. The number of nitrogens with two attached hydrogens (primary N) is 1. The van der Waals surface area contributed by atoms with E-state index in [1.54, 1.807) is 4.90 Å². The van der Waals surface area contributed by atoms with Gasteiger partial charge in [-0.3, -0.25) is 9.91 Å². The molecular weight excluding hydrogens is 354 g/mol. The van der Waals surface area contributed by atoms with Gasteiger partial charge in [0.25, 0.3) is 0 Å². The molecule has 7 nitrogen and oxygen atoms in total. The van der Waals surface area contributed by atoms with Crippen LogP contribution in [0.5, 0.6) is 0 Å². The molecule has 3 aliphatic rings. The lowest BCUT2D eigenvalue weighted by Crippen LogP contribution is -2.52. The minimum atomic E-state index is -0.400. The van der Waals surface area contributed by atoms with E-state index in [2.05, 4.69) is 24.0 Å². The molecule has 2 unspecified atom stereocenters. The van der Waals surface area contributed by atoms with E-state index in [4.69, 9.17) is 10.5 Å². The van der Waals surface area contributed by atoms with Gasteiger partial charge in [-0.05, 0) is 51.3 Å². The van der Waals surface area contributed by atoms with Gasteiger partial charge in [-0.1, -0.05) is 25.5 Å². The number of rotatable bonds is 6. The molecule has 2 fully saturated rings. The maximum Gasteiger partial charge on any atom is 0.319 e. The summed E-state index contributed by atoms with van der Waals surface area (Å²) in [5, 5.41) is 6.58. The average molecular weight is 386 g/mol. The van der Waals surface area contributed by atoms with Gasteiger partial charge < -0.3 is 15.4 Å². The number of nitrogens with zero attached hydrogens (tertiary/aromatic N) is 4. The van der Waals surface area contributed by atoms with Gasteiger partial charge in [-0.2, -0.15) is 0 Å². The van der Waals surface area contributed by atoms with Crippen LogP contribution in [-0.2, 0) is 4.74 Å². The van der Waals surface area contributed by atoms with Crippen molar-refractivity contribution in [3.05, 3.63) is 29.8 Å². The number of primary amides is 1. The first-order chi connectivity index (χ1) is 13.6. The predicted molar refractivity (Wildman–Crippen MR) is 110 cm³/mol. The monoisotopic (exact) mass is 385 g/mol.